The Labute approximate surface area is 129 Å². The smallest absolute Gasteiger partial charge is 0.128 e. The molecular formula is C16H20BrN3. The van der Waals surface area contributed by atoms with Gasteiger partial charge in [-0.25, -0.2) is 4.98 Å². The van der Waals surface area contributed by atoms with Gasteiger partial charge in [0.1, 0.15) is 5.82 Å². The minimum Gasteiger partial charge on any atom is -0.397 e. The minimum atomic E-state index is 0.741. The van der Waals surface area contributed by atoms with Gasteiger partial charge in [0.2, 0.25) is 0 Å². The molecule has 0 amide bonds. The molecule has 1 heterocycles. The quantitative estimate of drug-likeness (QED) is 0.927. The predicted octanol–water partition coefficient (Wildman–Crippen LogP) is 3.72. The molecule has 0 aliphatic carbocycles. The second-order valence-corrected chi connectivity index (χ2v) is 6.06. The number of aryl methyl sites for hydroxylation is 2. The molecule has 0 spiro atoms. The molecule has 2 rings (SSSR count). The summed E-state index contributed by atoms with van der Waals surface area (Å²) in [5, 5.41) is 0. The second kappa shape index (κ2) is 6.27. The first-order valence-electron chi connectivity index (χ1n) is 6.65. The van der Waals surface area contributed by atoms with Crippen molar-refractivity contribution < 1.29 is 0 Å². The highest BCUT2D eigenvalue weighted by Gasteiger charge is 2.06. The number of nitrogens with zero attached hydrogens (tertiary/aromatic N) is 2. The molecule has 0 fully saturated rings. The maximum atomic E-state index is 5.80. The van der Waals surface area contributed by atoms with Gasteiger partial charge in [0.05, 0.1) is 11.9 Å². The molecule has 3 nitrogen and oxygen atoms in total. The number of nitrogen functional groups attached to an aromatic ring is 1. The predicted molar refractivity (Wildman–Crippen MR) is 89.2 cm³/mol. The van der Waals surface area contributed by atoms with Crippen LogP contribution in [0.2, 0.25) is 0 Å². The zero-order valence-corrected chi connectivity index (χ0v) is 13.7. The third-order valence-corrected chi connectivity index (χ3v) is 4.05. The van der Waals surface area contributed by atoms with Crippen LogP contribution in [0.3, 0.4) is 0 Å². The Balaban J connectivity index is 2.06. The van der Waals surface area contributed by atoms with Crippen molar-refractivity contribution in [2.24, 2.45) is 0 Å². The summed E-state index contributed by atoms with van der Waals surface area (Å²) in [6, 6.07) is 8.44. The van der Waals surface area contributed by atoms with E-state index in [0.717, 1.165) is 34.5 Å². The number of halogens is 1. The summed E-state index contributed by atoms with van der Waals surface area (Å²) in [7, 11) is 2.06. The summed E-state index contributed by atoms with van der Waals surface area (Å²) in [6.45, 7) is 5.08. The highest BCUT2D eigenvalue weighted by molar-refractivity contribution is 9.10. The van der Waals surface area contributed by atoms with Crippen LogP contribution in [0.4, 0.5) is 11.5 Å². The Bertz CT molecular complexity index is 611. The number of rotatable bonds is 4. The van der Waals surface area contributed by atoms with Crippen LogP contribution in [0.1, 0.15) is 16.7 Å². The average Bonchev–Trinajstić information content (AvgIpc) is 2.42. The largest absolute Gasteiger partial charge is 0.397 e. The molecule has 0 saturated heterocycles. The number of hydrogen-bond donors (Lipinski definition) is 1. The number of likely N-dealkylation sites (N-methyl/N-ethyl adjacent to an activating group) is 1. The van der Waals surface area contributed by atoms with Crippen LogP contribution in [0.5, 0.6) is 0 Å². The van der Waals surface area contributed by atoms with Gasteiger partial charge in [0, 0.05) is 18.1 Å². The van der Waals surface area contributed by atoms with Crippen LogP contribution < -0.4 is 10.6 Å². The molecule has 2 aromatic rings. The van der Waals surface area contributed by atoms with Gasteiger partial charge in [0.25, 0.3) is 0 Å². The standard InChI is InChI=1S/C16H20BrN3/c1-11-4-5-14(17)9-13(11)6-7-20(3)16-8-12(2)15(18)10-19-16/h4-5,8-10H,6-7,18H2,1-3H3. The second-order valence-electron chi connectivity index (χ2n) is 5.14. The van der Waals surface area contributed by atoms with Crippen molar-refractivity contribution >= 4 is 27.4 Å². The van der Waals surface area contributed by atoms with Gasteiger partial charge in [0.15, 0.2) is 0 Å². The van der Waals surface area contributed by atoms with Gasteiger partial charge in [-0.1, -0.05) is 22.0 Å². The maximum absolute atomic E-state index is 5.80. The third kappa shape index (κ3) is 3.51. The molecule has 0 atom stereocenters. The normalized spacial score (nSPS) is 10.6. The Hall–Kier alpha value is -1.55. The number of anilines is 2. The van der Waals surface area contributed by atoms with Crippen molar-refractivity contribution in [1.29, 1.82) is 0 Å². The topological polar surface area (TPSA) is 42.2 Å². The van der Waals surface area contributed by atoms with Gasteiger partial charge in [-0.2, -0.15) is 0 Å². The van der Waals surface area contributed by atoms with Crippen molar-refractivity contribution in [2.45, 2.75) is 20.3 Å². The summed E-state index contributed by atoms with van der Waals surface area (Å²) in [6.07, 6.45) is 2.72. The zero-order valence-electron chi connectivity index (χ0n) is 12.2. The molecule has 1 aromatic heterocycles. The summed E-state index contributed by atoms with van der Waals surface area (Å²) < 4.78 is 1.13. The first-order valence-corrected chi connectivity index (χ1v) is 7.45. The number of benzene rings is 1. The van der Waals surface area contributed by atoms with Crippen molar-refractivity contribution in [1.82, 2.24) is 4.98 Å². The van der Waals surface area contributed by atoms with Crippen LogP contribution in [0, 0.1) is 13.8 Å². The Morgan fingerprint density at radius 1 is 1.20 bits per heavy atom. The van der Waals surface area contributed by atoms with Crippen LogP contribution in [-0.2, 0) is 6.42 Å². The SMILES string of the molecule is Cc1cc(N(C)CCc2cc(Br)ccc2C)ncc1N. The van der Waals surface area contributed by atoms with Crippen molar-refractivity contribution in [3.05, 3.63) is 51.6 Å². The average molecular weight is 334 g/mol. The lowest BCUT2D eigenvalue weighted by molar-refractivity contribution is 0.854. The molecule has 0 saturated carbocycles. The van der Waals surface area contributed by atoms with Crippen LogP contribution in [0.15, 0.2) is 34.9 Å². The Morgan fingerprint density at radius 3 is 2.65 bits per heavy atom. The summed E-state index contributed by atoms with van der Waals surface area (Å²) in [5.41, 5.74) is 10.3. The highest BCUT2D eigenvalue weighted by Crippen LogP contribution is 2.19. The summed E-state index contributed by atoms with van der Waals surface area (Å²) in [4.78, 5) is 6.54. The monoisotopic (exact) mass is 333 g/mol. The van der Waals surface area contributed by atoms with E-state index in [2.05, 4.69) is 58.0 Å². The molecule has 0 unspecified atom stereocenters. The van der Waals surface area contributed by atoms with E-state index in [1.54, 1.807) is 6.20 Å². The Morgan fingerprint density at radius 2 is 1.95 bits per heavy atom. The number of aromatic nitrogens is 1. The van der Waals surface area contributed by atoms with Gasteiger partial charge >= 0.3 is 0 Å². The lowest BCUT2D eigenvalue weighted by atomic mass is 10.1. The van der Waals surface area contributed by atoms with E-state index in [0.29, 0.717) is 0 Å². The molecule has 4 heteroatoms. The molecule has 20 heavy (non-hydrogen) atoms. The van der Waals surface area contributed by atoms with E-state index in [9.17, 15) is 0 Å². The minimum absolute atomic E-state index is 0.741. The lowest BCUT2D eigenvalue weighted by Crippen LogP contribution is -2.21. The fraction of sp³-hybridized carbons (Fsp3) is 0.312. The van der Waals surface area contributed by atoms with E-state index in [1.807, 2.05) is 13.0 Å². The fourth-order valence-electron chi connectivity index (χ4n) is 2.07. The van der Waals surface area contributed by atoms with Crippen molar-refractivity contribution in [2.75, 3.05) is 24.2 Å². The van der Waals surface area contributed by atoms with E-state index in [-0.39, 0.29) is 0 Å². The van der Waals surface area contributed by atoms with Crippen LogP contribution in [-0.4, -0.2) is 18.6 Å². The van der Waals surface area contributed by atoms with E-state index in [1.165, 1.54) is 11.1 Å². The Kier molecular flexibility index (Phi) is 4.65. The number of hydrogen-bond acceptors (Lipinski definition) is 3. The molecule has 0 bridgehead atoms. The maximum Gasteiger partial charge on any atom is 0.128 e. The molecular weight excluding hydrogens is 314 g/mol. The first-order chi connectivity index (χ1) is 9.47. The molecule has 2 N–H and O–H groups in total. The number of pyridine rings is 1. The van der Waals surface area contributed by atoms with Gasteiger partial charge in [-0.15, -0.1) is 0 Å². The van der Waals surface area contributed by atoms with Gasteiger partial charge < -0.3 is 10.6 Å². The summed E-state index contributed by atoms with van der Waals surface area (Å²) in [5.74, 6) is 0.962. The van der Waals surface area contributed by atoms with Gasteiger partial charge in [-0.05, 0) is 55.2 Å². The molecule has 106 valence electrons. The first kappa shape index (κ1) is 14.9. The molecule has 0 radical (unpaired) electrons. The number of nitrogens with two attached hydrogens (primary N) is 1. The summed E-state index contributed by atoms with van der Waals surface area (Å²) >= 11 is 3.53. The van der Waals surface area contributed by atoms with Gasteiger partial charge in [-0.3, -0.25) is 0 Å². The van der Waals surface area contributed by atoms with E-state index in [4.69, 9.17) is 5.73 Å². The van der Waals surface area contributed by atoms with Crippen LogP contribution >= 0.6 is 15.9 Å². The van der Waals surface area contributed by atoms with Crippen LogP contribution in [0.25, 0.3) is 0 Å². The van der Waals surface area contributed by atoms with Crippen molar-refractivity contribution in [3.63, 3.8) is 0 Å². The molecule has 1 aromatic carbocycles. The molecule has 0 aliphatic heterocycles. The van der Waals surface area contributed by atoms with E-state index >= 15 is 0 Å². The fourth-order valence-corrected chi connectivity index (χ4v) is 2.48. The third-order valence-electron chi connectivity index (χ3n) is 3.56. The lowest BCUT2D eigenvalue weighted by Gasteiger charge is -2.19. The highest BCUT2D eigenvalue weighted by atomic mass is 79.9. The zero-order chi connectivity index (χ0) is 14.7. The molecule has 0 aliphatic rings. The van der Waals surface area contributed by atoms with E-state index < -0.39 is 0 Å². The van der Waals surface area contributed by atoms with Crippen molar-refractivity contribution in [3.8, 4) is 0 Å².